The second kappa shape index (κ2) is 5.01. The third-order valence-electron chi connectivity index (χ3n) is 2.85. The van der Waals surface area contributed by atoms with Crippen LogP contribution in [0, 0.1) is 6.92 Å². The Hall–Kier alpha value is -1.14. The highest BCUT2D eigenvalue weighted by atomic mass is 32.1. The lowest BCUT2D eigenvalue weighted by Gasteiger charge is -2.32. The molecule has 1 aliphatic rings. The van der Waals surface area contributed by atoms with Gasteiger partial charge in [-0.15, -0.1) is 11.3 Å². The van der Waals surface area contributed by atoms with Crippen molar-refractivity contribution >= 4 is 22.4 Å². The predicted molar refractivity (Wildman–Crippen MR) is 66.1 cm³/mol. The molecule has 0 radical (unpaired) electrons. The van der Waals surface area contributed by atoms with Gasteiger partial charge in [0, 0.05) is 18.0 Å². The maximum atomic E-state index is 10.9. The number of aryl methyl sites for hydroxylation is 1. The Labute approximate surface area is 104 Å². The second-order valence-corrected chi connectivity index (χ2v) is 5.24. The van der Waals surface area contributed by atoms with Crippen LogP contribution in [0.5, 0.6) is 0 Å². The Balaban J connectivity index is 2.16. The van der Waals surface area contributed by atoms with E-state index in [2.05, 4.69) is 16.8 Å². The third kappa shape index (κ3) is 2.58. The SMILES string of the molecule is CCC1CN(c2nc(C(=O)O)c(C)s2)CCO1. The summed E-state index contributed by atoms with van der Waals surface area (Å²) in [6, 6.07) is 0. The Morgan fingerprint density at radius 3 is 3.06 bits per heavy atom. The fourth-order valence-electron chi connectivity index (χ4n) is 1.86. The normalized spacial score (nSPS) is 20.6. The number of morpholine rings is 1. The van der Waals surface area contributed by atoms with E-state index in [0.29, 0.717) is 6.61 Å². The fourth-order valence-corrected chi connectivity index (χ4v) is 2.79. The van der Waals surface area contributed by atoms with Crippen LogP contribution in [0.4, 0.5) is 5.13 Å². The fraction of sp³-hybridized carbons (Fsp3) is 0.636. The van der Waals surface area contributed by atoms with Crippen LogP contribution in [0.15, 0.2) is 0 Å². The lowest BCUT2D eigenvalue weighted by atomic mass is 10.2. The summed E-state index contributed by atoms with van der Waals surface area (Å²) in [4.78, 5) is 18.0. The molecule has 1 fully saturated rings. The molecular weight excluding hydrogens is 240 g/mol. The second-order valence-electron chi connectivity index (χ2n) is 4.05. The summed E-state index contributed by atoms with van der Waals surface area (Å²) >= 11 is 1.44. The number of ether oxygens (including phenoxy) is 1. The van der Waals surface area contributed by atoms with E-state index in [0.717, 1.165) is 29.5 Å². The quantitative estimate of drug-likeness (QED) is 0.893. The molecule has 0 bridgehead atoms. The molecule has 1 aromatic heterocycles. The van der Waals surface area contributed by atoms with E-state index in [1.807, 2.05) is 0 Å². The average Bonchev–Trinajstić information content (AvgIpc) is 2.71. The zero-order chi connectivity index (χ0) is 12.4. The minimum atomic E-state index is -0.953. The van der Waals surface area contributed by atoms with Crippen LogP contribution >= 0.6 is 11.3 Å². The lowest BCUT2D eigenvalue weighted by Crippen LogP contribution is -2.42. The number of aromatic nitrogens is 1. The Morgan fingerprint density at radius 2 is 2.47 bits per heavy atom. The van der Waals surface area contributed by atoms with Crippen LogP contribution in [-0.2, 0) is 4.74 Å². The number of hydrogen-bond donors (Lipinski definition) is 1. The molecule has 0 amide bonds. The Bertz CT molecular complexity index is 419. The van der Waals surface area contributed by atoms with Crippen molar-refractivity contribution in [2.75, 3.05) is 24.6 Å². The van der Waals surface area contributed by atoms with Crippen LogP contribution in [0.2, 0.25) is 0 Å². The number of aromatic carboxylic acids is 1. The van der Waals surface area contributed by atoms with E-state index < -0.39 is 5.97 Å². The van der Waals surface area contributed by atoms with Gasteiger partial charge in [-0.25, -0.2) is 9.78 Å². The molecule has 0 aliphatic carbocycles. The molecule has 1 N–H and O–H groups in total. The molecule has 1 atom stereocenters. The van der Waals surface area contributed by atoms with Gasteiger partial charge in [-0.2, -0.15) is 0 Å². The summed E-state index contributed by atoms with van der Waals surface area (Å²) in [6.07, 6.45) is 1.19. The van der Waals surface area contributed by atoms with Crippen LogP contribution in [-0.4, -0.2) is 41.9 Å². The van der Waals surface area contributed by atoms with E-state index in [4.69, 9.17) is 9.84 Å². The summed E-state index contributed by atoms with van der Waals surface area (Å²) in [7, 11) is 0. The first-order valence-corrected chi connectivity index (χ1v) is 6.50. The van der Waals surface area contributed by atoms with Gasteiger partial charge in [0.2, 0.25) is 0 Å². The van der Waals surface area contributed by atoms with Crippen molar-refractivity contribution < 1.29 is 14.6 Å². The van der Waals surface area contributed by atoms with E-state index in [9.17, 15) is 4.79 Å². The Kier molecular flexibility index (Phi) is 3.63. The highest BCUT2D eigenvalue weighted by molar-refractivity contribution is 7.15. The highest BCUT2D eigenvalue weighted by Crippen LogP contribution is 2.27. The van der Waals surface area contributed by atoms with Gasteiger partial charge in [-0.1, -0.05) is 6.92 Å². The average molecular weight is 256 g/mol. The number of carbonyl (C=O) groups is 1. The zero-order valence-corrected chi connectivity index (χ0v) is 10.8. The number of thiazole rings is 1. The first-order valence-electron chi connectivity index (χ1n) is 5.69. The number of hydrogen-bond acceptors (Lipinski definition) is 5. The van der Waals surface area contributed by atoms with Gasteiger partial charge < -0.3 is 14.7 Å². The van der Waals surface area contributed by atoms with Crippen LogP contribution < -0.4 is 4.90 Å². The molecule has 17 heavy (non-hydrogen) atoms. The largest absolute Gasteiger partial charge is 0.476 e. The first-order chi connectivity index (χ1) is 8.11. The Morgan fingerprint density at radius 1 is 1.71 bits per heavy atom. The van der Waals surface area contributed by atoms with Crippen molar-refractivity contribution in [2.45, 2.75) is 26.4 Å². The standard InChI is InChI=1S/C11H16N2O3S/c1-3-8-6-13(4-5-16-8)11-12-9(10(14)15)7(2)17-11/h8H,3-6H2,1-2H3,(H,14,15). The monoisotopic (exact) mass is 256 g/mol. The van der Waals surface area contributed by atoms with Gasteiger partial charge >= 0.3 is 5.97 Å². The highest BCUT2D eigenvalue weighted by Gasteiger charge is 2.23. The van der Waals surface area contributed by atoms with Gasteiger partial charge in [0.05, 0.1) is 12.7 Å². The predicted octanol–water partition coefficient (Wildman–Crippen LogP) is 1.76. The van der Waals surface area contributed by atoms with Gasteiger partial charge in [-0.05, 0) is 13.3 Å². The van der Waals surface area contributed by atoms with E-state index in [1.54, 1.807) is 6.92 Å². The molecule has 5 nitrogen and oxygen atoms in total. The van der Waals surface area contributed by atoms with Crippen molar-refractivity contribution in [3.05, 3.63) is 10.6 Å². The maximum absolute atomic E-state index is 10.9. The van der Waals surface area contributed by atoms with Gasteiger partial charge in [0.15, 0.2) is 10.8 Å². The summed E-state index contributed by atoms with van der Waals surface area (Å²) < 4.78 is 5.58. The summed E-state index contributed by atoms with van der Waals surface area (Å²) in [5.41, 5.74) is 0.171. The summed E-state index contributed by atoms with van der Waals surface area (Å²) in [5.74, 6) is -0.953. The minimum absolute atomic E-state index is 0.171. The summed E-state index contributed by atoms with van der Waals surface area (Å²) in [6.45, 7) is 6.14. The molecule has 0 aromatic carbocycles. The van der Waals surface area contributed by atoms with Gasteiger partial charge in [0.1, 0.15) is 0 Å². The number of nitrogens with zero attached hydrogens (tertiary/aromatic N) is 2. The van der Waals surface area contributed by atoms with Crippen LogP contribution in [0.3, 0.4) is 0 Å². The molecular formula is C11H16N2O3S. The minimum Gasteiger partial charge on any atom is -0.476 e. The van der Waals surface area contributed by atoms with Crippen LogP contribution in [0.1, 0.15) is 28.7 Å². The topological polar surface area (TPSA) is 62.7 Å². The number of anilines is 1. The molecule has 2 heterocycles. The van der Waals surface area contributed by atoms with Crippen molar-refractivity contribution in [1.29, 1.82) is 0 Å². The van der Waals surface area contributed by atoms with Gasteiger partial charge in [-0.3, -0.25) is 0 Å². The van der Waals surface area contributed by atoms with Crippen molar-refractivity contribution in [2.24, 2.45) is 0 Å². The molecule has 6 heteroatoms. The molecule has 2 rings (SSSR count). The van der Waals surface area contributed by atoms with E-state index >= 15 is 0 Å². The molecule has 1 saturated heterocycles. The number of carboxylic acid groups (broad SMARTS) is 1. The maximum Gasteiger partial charge on any atom is 0.355 e. The molecule has 1 unspecified atom stereocenters. The molecule has 0 spiro atoms. The van der Waals surface area contributed by atoms with Gasteiger partial charge in [0.25, 0.3) is 0 Å². The molecule has 1 aromatic rings. The first kappa shape index (κ1) is 12.3. The molecule has 94 valence electrons. The van der Waals surface area contributed by atoms with Crippen LogP contribution in [0.25, 0.3) is 0 Å². The van der Waals surface area contributed by atoms with Crippen molar-refractivity contribution in [3.63, 3.8) is 0 Å². The lowest BCUT2D eigenvalue weighted by molar-refractivity contribution is 0.0384. The number of rotatable bonds is 3. The summed E-state index contributed by atoms with van der Waals surface area (Å²) in [5, 5.41) is 9.77. The molecule has 0 saturated carbocycles. The van der Waals surface area contributed by atoms with Crippen molar-refractivity contribution in [1.82, 2.24) is 4.98 Å². The third-order valence-corrected chi connectivity index (χ3v) is 3.88. The van der Waals surface area contributed by atoms with Crippen molar-refractivity contribution in [3.8, 4) is 0 Å². The zero-order valence-electron chi connectivity index (χ0n) is 9.97. The number of carboxylic acids is 1. The van der Waals surface area contributed by atoms with E-state index in [-0.39, 0.29) is 11.8 Å². The molecule has 1 aliphatic heterocycles. The van der Waals surface area contributed by atoms with E-state index in [1.165, 1.54) is 11.3 Å². The smallest absolute Gasteiger partial charge is 0.355 e.